The lowest BCUT2D eigenvalue weighted by molar-refractivity contribution is 0.317. The Bertz CT molecular complexity index is 563. The van der Waals surface area contributed by atoms with Crippen LogP contribution in [0.3, 0.4) is 0 Å². The molecule has 2 N–H and O–H groups in total. The summed E-state index contributed by atoms with van der Waals surface area (Å²) in [5.74, 6) is 0. The fourth-order valence-electron chi connectivity index (χ4n) is 1.99. The Morgan fingerprint density at radius 3 is 1.90 bits per heavy atom. The Balaban J connectivity index is 3.24. The largest absolute Gasteiger partial charge is 0.388 e. The van der Waals surface area contributed by atoms with Crippen LogP contribution in [0.15, 0.2) is 17.0 Å². The molecule has 0 aromatic heterocycles. The smallest absolute Gasteiger partial charge is 0.241 e. The van der Waals surface area contributed by atoms with Gasteiger partial charge >= 0.3 is 0 Å². The number of rotatable bonds is 4. The van der Waals surface area contributed by atoms with Crippen LogP contribution in [0.1, 0.15) is 38.8 Å². The predicted octanol–water partition coefficient (Wildman–Crippen LogP) is 3.06. The van der Waals surface area contributed by atoms with Gasteiger partial charge in [-0.3, -0.25) is 0 Å². The van der Waals surface area contributed by atoms with E-state index in [0.29, 0.717) is 4.90 Å². The molecule has 0 spiro atoms. The van der Waals surface area contributed by atoms with Gasteiger partial charge in [0.05, 0.1) is 4.90 Å². The summed E-state index contributed by atoms with van der Waals surface area (Å²) < 4.78 is 28.0. The first-order valence-corrected chi connectivity index (χ1v) is 8.28. The summed E-state index contributed by atoms with van der Waals surface area (Å²) >= 11 is 0. The van der Waals surface area contributed by atoms with E-state index in [9.17, 15) is 8.42 Å². The molecular weight excluding hydrogens is 272 g/mol. The Hall–Kier alpha value is -1.07. The molecule has 0 saturated carbocycles. The van der Waals surface area contributed by atoms with Crippen molar-refractivity contribution in [3.63, 3.8) is 0 Å². The summed E-state index contributed by atoms with van der Waals surface area (Å²) in [5, 5.41) is 3.04. The van der Waals surface area contributed by atoms with Crippen molar-refractivity contribution in [1.82, 2.24) is 4.72 Å². The number of sulfonamides is 1. The summed E-state index contributed by atoms with van der Waals surface area (Å²) in [7, 11) is -1.69. The minimum absolute atomic E-state index is 0.125. The standard InChI is InChI=1S/C15H26N2O2S/c1-10-8-13(16-7)9-11(2)14(10)20(18,19)17-12(3)15(4,5)6/h8-9,12,16-17H,1-7H3. The molecule has 0 aliphatic heterocycles. The number of aryl methyl sites for hydroxylation is 2. The Morgan fingerprint density at radius 1 is 1.10 bits per heavy atom. The van der Waals surface area contributed by atoms with Gasteiger partial charge in [-0.25, -0.2) is 13.1 Å². The second-order valence-corrected chi connectivity index (χ2v) is 8.05. The van der Waals surface area contributed by atoms with Crippen LogP contribution in [0.4, 0.5) is 5.69 Å². The van der Waals surface area contributed by atoms with E-state index in [1.54, 1.807) is 0 Å². The molecule has 0 heterocycles. The Kier molecular flexibility index (Phi) is 4.87. The fourth-order valence-corrected chi connectivity index (χ4v) is 3.89. The first-order valence-electron chi connectivity index (χ1n) is 6.80. The predicted molar refractivity (Wildman–Crippen MR) is 84.7 cm³/mol. The van der Waals surface area contributed by atoms with E-state index < -0.39 is 10.0 Å². The van der Waals surface area contributed by atoms with Crippen molar-refractivity contribution < 1.29 is 8.42 Å². The van der Waals surface area contributed by atoms with Crippen LogP contribution in [0.2, 0.25) is 0 Å². The Morgan fingerprint density at radius 2 is 1.55 bits per heavy atom. The fraction of sp³-hybridized carbons (Fsp3) is 0.600. The van der Waals surface area contributed by atoms with Crippen molar-refractivity contribution >= 4 is 15.7 Å². The Labute approximate surface area is 123 Å². The number of benzene rings is 1. The molecular formula is C15H26N2O2S. The minimum atomic E-state index is -3.51. The average molecular weight is 298 g/mol. The molecule has 0 aliphatic carbocycles. The zero-order valence-electron chi connectivity index (χ0n) is 13.5. The van der Waals surface area contributed by atoms with E-state index >= 15 is 0 Å². The van der Waals surface area contributed by atoms with E-state index in [2.05, 4.69) is 10.0 Å². The summed E-state index contributed by atoms with van der Waals surface area (Å²) in [5.41, 5.74) is 2.30. The molecule has 0 bridgehead atoms. The topological polar surface area (TPSA) is 58.2 Å². The molecule has 1 rings (SSSR count). The van der Waals surface area contributed by atoms with Gasteiger partial charge in [0.15, 0.2) is 0 Å². The zero-order chi connectivity index (χ0) is 15.7. The van der Waals surface area contributed by atoms with Gasteiger partial charge in [-0.1, -0.05) is 20.8 Å². The van der Waals surface area contributed by atoms with Crippen LogP contribution in [0.25, 0.3) is 0 Å². The third-order valence-electron chi connectivity index (χ3n) is 3.65. The molecule has 0 amide bonds. The molecule has 1 atom stereocenters. The molecule has 1 aromatic rings. The second kappa shape index (κ2) is 5.74. The lowest BCUT2D eigenvalue weighted by Crippen LogP contribution is -2.41. The summed E-state index contributed by atoms with van der Waals surface area (Å²) in [4.78, 5) is 0.382. The maximum Gasteiger partial charge on any atom is 0.241 e. The number of anilines is 1. The van der Waals surface area contributed by atoms with Crippen molar-refractivity contribution in [3.8, 4) is 0 Å². The van der Waals surface area contributed by atoms with Crippen LogP contribution in [-0.4, -0.2) is 21.5 Å². The van der Waals surface area contributed by atoms with Crippen LogP contribution < -0.4 is 10.0 Å². The van der Waals surface area contributed by atoms with Gasteiger partial charge in [0.1, 0.15) is 0 Å². The zero-order valence-corrected chi connectivity index (χ0v) is 14.3. The van der Waals surface area contributed by atoms with E-state index in [4.69, 9.17) is 0 Å². The maximum absolute atomic E-state index is 12.6. The summed E-state index contributed by atoms with van der Waals surface area (Å²) in [6, 6.07) is 3.56. The molecule has 114 valence electrons. The van der Waals surface area contributed by atoms with Crippen molar-refractivity contribution in [2.45, 2.75) is 52.5 Å². The average Bonchev–Trinajstić information content (AvgIpc) is 2.25. The van der Waals surface area contributed by atoms with E-state index in [-0.39, 0.29) is 11.5 Å². The van der Waals surface area contributed by atoms with Gasteiger partial charge < -0.3 is 5.32 Å². The van der Waals surface area contributed by atoms with Gasteiger partial charge in [-0.05, 0) is 49.4 Å². The highest BCUT2D eigenvalue weighted by Gasteiger charge is 2.28. The van der Waals surface area contributed by atoms with Crippen molar-refractivity contribution in [2.24, 2.45) is 5.41 Å². The minimum Gasteiger partial charge on any atom is -0.388 e. The van der Waals surface area contributed by atoms with Crippen LogP contribution in [0.5, 0.6) is 0 Å². The molecule has 0 saturated heterocycles. The van der Waals surface area contributed by atoms with Crippen LogP contribution in [0, 0.1) is 19.3 Å². The highest BCUT2D eigenvalue weighted by molar-refractivity contribution is 7.89. The molecule has 20 heavy (non-hydrogen) atoms. The molecule has 0 fully saturated rings. The van der Waals surface area contributed by atoms with Crippen molar-refractivity contribution in [3.05, 3.63) is 23.3 Å². The van der Waals surface area contributed by atoms with E-state index in [1.165, 1.54) is 0 Å². The number of nitrogens with one attached hydrogen (secondary N) is 2. The highest BCUT2D eigenvalue weighted by atomic mass is 32.2. The van der Waals surface area contributed by atoms with Gasteiger partial charge in [0.2, 0.25) is 10.0 Å². The van der Waals surface area contributed by atoms with Crippen molar-refractivity contribution in [1.29, 1.82) is 0 Å². The van der Waals surface area contributed by atoms with E-state index in [0.717, 1.165) is 16.8 Å². The first kappa shape index (κ1) is 17.0. The van der Waals surface area contributed by atoms with Crippen LogP contribution in [-0.2, 0) is 10.0 Å². The SMILES string of the molecule is CNc1cc(C)c(S(=O)(=O)NC(C)C(C)(C)C)c(C)c1. The molecule has 0 aliphatic rings. The lowest BCUT2D eigenvalue weighted by atomic mass is 9.89. The molecule has 1 unspecified atom stereocenters. The van der Waals surface area contributed by atoms with Crippen molar-refractivity contribution in [2.75, 3.05) is 12.4 Å². The van der Waals surface area contributed by atoms with Gasteiger partial charge in [0, 0.05) is 18.8 Å². The van der Waals surface area contributed by atoms with Gasteiger partial charge in [0.25, 0.3) is 0 Å². The molecule has 1 aromatic carbocycles. The van der Waals surface area contributed by atoms with Gasteiger partial charge in [-0.2, -0.15) is 0 Å². The first-order chi connectivity index (χ1) is 8.99. The quantitative estimate of drug-likeness (QED) is 0.898. The summed E-state index contributed by atoms with van der Waals surface area (Å²) in [6.07, 6.45) is 0. The lowest BCUT2D eigenvalue weighted by Gasteiger charge is -2.28. The second-order valence-electron chi connectivity index (χ2n) is 6.40. The van der Waals surface area contributed by atoms with Crippen LogP contribution >= 0.6 is 0 Å². The third-order valence-corrected chi connectivity index (χ3v) is 5.49. The molecule has 5 heteroatoms. The maximum atomic E-state index is 12.6. The molecule has 0 radical (unpaired) electrons. The third kappa shape index (κ3) is 3.73. The molecule has 4 nitrogen and oxygen atoms in total. The highest BCUT2D eigenvalue weighted by Crippen LogP contribution is 2.26. The van der Waals surface area contributed by atoms with Gasteiger partial charge in [-0.15, -0.1) is 0 Å². The number of hydrogen-bond donors (Lipinski definition) is 2. The monoisotopic (exact) mass is 298 g/mol. The summed E-state index contributed by atoms with van der Waals surface area (Å²) in [6.45, 7) is 11.6. The normalized spacial score (nSPS) is 14.2. The van der Waals surface area contributed by atoms with E-state index in [1.807, 2.05) is 60.7 Å². The number of hydrogen-bond acceptors (Lipinski definition) is 3.